The zero-order valence-electron chi connectivity index (χ0n) is 8.56. The number of nitrogens with one attached hydrogen (secondary N) is 1. The molecule has 0 saturated carbocycles. The van der Waals surface area contributed by atoms with Crippen LogP contribution in [0.15, 0.2) is 22.5 Å². The fraction of sp³-hybridized carbons (Fsp3) is 0.200. The number of carbonyl (C=O) groups excluding carboxylic acids is 1. The first-order valence-corrected chi connectivity index (χ1v) is 6.76. The number of thiophene rings is 1. The van der Waals surface area contributed by atoms with Gasteiger partial charge in [-0.2, -0.15) is 0 Å². The van der Waals surface area contributed by atoms with Gasteiger partial charge in [0.25, 0.3) is 5.91 Å². The van der Waals surface area contributed by atoms with Gasteiger partial charge in [0.15, 0.2) is 0 Å². The molecule has 0 saturated heterocycles. The molecule has 2 aromatic heterocycles. The number of hydrogen-bond donors (Lipinski definition) is 2. The largest absolute Gasteiger partial charge is 0.346 e. The van der Waals surface area contributed by atoms with Gasteiger partial charge in [0.1, 0.15) is 0 Å². The Morgan fingerprint density at radius 3 is 3.00 bits per heavy atom. The van der Waals surface area contributed by atoms with E-state index in [4.69, 9.17) is 0 Å². The molecule has 0 aliphatic rings. The van der Waals surface area contributed by atoms with Gasteiger partial charge in [0, 0.05) is 21.3 Å². The minimum Gasteiger partial charge on any atom is -0.346 e. The van der Waals surface area contributed by atoms with Gasteiger partial charge in [0.05, 0.1) is 16.4 Å². The van der Waals surface area contributed by atoms with Crippen LogP contribution in [0.3, 0.4) is 0 Å². The van der Waals surface area contributed by atoms with E-state index in [0.717, 1.165) is 14.8 Å². The summed E-state index contributed by atoms with van der Waals surface area (Å²) in [5.41, 5.74) is 0. The zero-order valence-corrected chi connectivity index (χ0v) is 11.1. The Hall–Kier alpha value is -0.850. The van der Waals surface area contributed by atoms with Crippen molar-refractivity contribution in [2.45, 2.75) is 18.4 Å². The zero-order chi connectivity index (χ0) is 11.5. The summed E-state index contributed by atoms with van der Waals surface area (Å²) in [5, 5.41) is 5.70. The minimum absolute atomic E-state index is 0.0589. The fourth-order valence-electron chi connectivity index (χ4n) is 1.19. The molecule has 0 radical (unpaired) electrons. The van der Waals surface area contributed by atoms with Gasteiger partial charge in [-0.05, 0) is 13.0 Å². The predicted molar refractivity (Wildman–Crippen MR) is 69.6 cm³/mol. The number of thiazole rings is 1. The van der Waals surface area contributed by atoms with Crippen molar-refractivity contribution in [2.24, 2.45) is 0 Å². The molecular weight excluding hydrogens is 260 g/mol. The maximum Gasteiger partial charge on any atom is 0.261 e. The Kier molecular flexibility index (Phi) is 3.63. The Morgan fingerprint density at radius 2 is 2.44 bits per heavy atom. The molecule has 0 atom stereocenters. The van der Waals surface area contributed by atoms with Crippen LogP contribution in [0.1, 0.15) is 19.6 Å². The van der Waals surface area contributed by atoms with E-state index in [2.05, 4.69) is 22.9 Å². The van der Waals surface area contributed by atoms with Crippen LogP contribution in [0.4, 0.5) is 0 Å². The Morgan fingerprint density at radius 1 is 1.62 bits per heavy atom. The van der Waals surface area contributed by atoms with Crippen LogP contribution in [0.2, 0.25) is 0 Å². The lowest BCUT2D eigenvalue weighted by molar-refractivity contribution is 0.0955. The fourth-order valence-corrected chi connectivity index (χ4v) is 2.99. The second-order valence-corrected chi connectivity index (χ2v) is 5.94. The van der Waals surface area contributed by atoms with Crippen LogP contribution < -0.4 is 5.32 Å². The van der Waals surface area contributed by atoms with Crippen molar-refractivity contribution >= 4 is 41.2 Å². The van der Waals surface area contributed by atoms with Crippen molar-refractivity contribution in [3.8, 4) is 0 Å². The van der Waals surface area contributed by atoms with Crippen LogP contribution in [-0.2, 0) is 6.54 Å². The van der Waals surface area contributed by atoms with E-state index in [-0.39, 0.29) is 5.91 Å². The SMILES string of the molecule is Cc1ncc(CNC(=O)c2cc(S)cs2)s1. The lowest BCUT2D eigenvalue weighted by Gasteiger charge is -1.99. The van der Waals surface area contributed by atoms with Crippen LogP contribution >= 0.6 is 35.3 Å². The van der Waals surface area contributed by atoms with Crippen molar-refractivity contribution < 1.29 is 4.79 Å². The quantitative estimate of drug-likeness (QED) is 0.842. The van der Waals surface area contributed by atoms with Gasteiger partial charge >= 0.3 is 0 Å². The Bertz CT molecular complexity index is 504. The standard InChI is InChI=1S/C10H10N2OS3/c1-6-11-3-8(16-6)4-12-10(13)9-2-7(14)5-15-9/h2-3,5,14H,4H2,1H3,(H,12,13). The summed E-state index contributed by atoms with van der Waals surface area (Å²) in [6, 6.07) is 1.76. The summed E-state index contributed by atoms with van der Waals surface area (Å²) >= 11 is 7.15. The molecule has 0 spiro atoms. The Labute approximate surface area is 107 Å². The van der Waals surface area contributed by atoms with Crippen molar-refractivity contribution in [3.05, 3.63) is 32.4 Å². The summed E-state index contributed by atoms with van der Waals surface area (Å²) in [6.07, 6.45) is 1.79. The molecule has 0 aliphatic heterocycles. The maximum atomic E-state index is 11.7. The molecular formula is C10H10N2OS3. The predicted octanol–water partition coefficient (Wildman–Crippen LogP) is 2.73. The van der Waals surface area contributed by atoms with Gasteiger partial charge in [-0.3, -0.25) is 4.79 Å². The van der Waals surface area contributed by atoms with Crippen LogP contribution in [0, 0.1) is 6.92 Å². The molecule has 16 heavy (non-hydrogen) atoms. The number of amides is 1. The highest BCUT2D eigenvalue weighted by Gasteiger charge is 2.08. The van der Waals surface area contributed by atoms with E-state index < -0.39 is 0 Å². The van der Waals surface area contributed by atoms with E-state index in [1.54, 1.807) is 23.6 Å². The first-order chi connectivity index (χ1) is 7.65. The minimum atomic E-state index is -0.0589. The molecule has 1 amide bonds. The number of aromatic nitrogens is 1. The third-order valence-corrected chi connectivity index (χ3v) is 4.18. The molecule has 0 aliphatic carbocycles. The number of aryl methyl sites for hydroxylation is 1. The van der Waals surface area contributed by atoms with Crippen LogP contribution in [0.5, 0.6) is 0 Å². The second kappa shape index (κ2) is 4.99. The second-order valence-electron chi connectivity index (χ2n) is 3.20. The summed E-state index contributed by atoms with van der Waals surface area (Å²) in [5.74, 6) is -0.0589. The normalized spacial score (nSPS) is 10.4. The van der Waals surface area contributed by atoms with Gasteiger partial charge in [0.2, 0.25) is 0 Å². The highest BCUT2D eigenvalue weighted by Crippen LogP contribution is 2.17. The molecule has 0 bridgehead atoms. The maximum absolute atomic E-state index is 11.7. The van der Waals surface area contributed by atoms with Crippen molar-refractivity contribution in [3.63, 3.8) is 0 Å². The third-order valence-electron chi connectivity index (χ3n) is 1.90. The van der Waals surface area contributed by atoms with Crippen LogP contribution in [-0.4, -0.2) is 10.9 Å². The Balaban J connectivity index is 1.93. The highest BCUT2D eigenvalue weighted by molar-refractivity contribution is 7.80. The number of rotatable bonds is 3. The summed E-state index contributed by atoms with van der Waals surface area (Å²) in [6.45, 7) is 2.48. The number of hydrogen-bond acceptors (Lipinski definition) is 5. The molecule has 2 heterocycles. The first-order valence-electron chi connectivity index (χ1n) is 4.62. The number of carbonyl (C=O) groups is 1. The topological polar surface area (TPSA) is 42.0 Å². The third kappa shape index (κ3) is 2.84. The van der Waals surface area contributed by atoms with E-state index >= 15 is 0 Å². The lowest BCUT2D eigenvalue weighted by atomic mass is 10.4. The van der Waals surface area contributed by atoms with Crippen molar-refractivity contribution in [2.75, 3.05) is 0 Å². The average Bonchev–Trinajstić information content (AvgIpc) is 2.84. The van der Waals surface area contributed by atoms with Gasteiger partial charge in [-0.15, -0.1) is 35.3 Å². The van der Waals surface area contributed by atoms with Crippen molar-refractivity contribution in [1.82, 2.24) is 10.3 Å². The lowest BCUT2D eigenvalue weighted by Crippen LogP contribution is -2.21. The molecule has 84 valence electrons. The molecule has 6 heteroatoms. The summed E-state index contributed by atoms with van der Waals surface area (Å²) < 4.78 is 0. The molecule has 2 aromatic rings. The van der Waals surface area contributed by atoms with Gasteiger partial charge in [-0.25, -0.2) is 4.98 Å². The molecule has 2 rings (SSSR count). The van der Waals surface area contributed by atoms with Crippen molar-refractivity contribution in [1.29, 1.82) is 0 Å². The summed E-state index contributed by atoms with van der Waals surface area (Å²) in [7, 11) is 0. The molecule has 0 aromatic carbocycles. The van der Waals surface area contributed by atoms with Crippen LogP contribution in [0.25, 0.3) is 0 Å². The average molecular weight is 270 g/mol. The molecule has 1 N–H and O–H groups in total. The molecule has 3 nitrogen and oxygen atoms in total. The monoisotopic (exact) mass is 270 g/mol. The van der Waals surface area contributed by atoms with E-state index in [1.807, 2.05) is 12.3 Å². The van der Waals surface area contributed by atoms with E-state index in [0.29, 0.717) is 11.4 Å². The highest BCUT2D eigenvalue weighted by atomic mass is 32.1. The smallest absolute Gasteiger partial charge is 0.261 e. The molecule has 0 fully saturated rings. The number of thiol groups is 1. The first kappa shape index (κ1) is 11.6. The summed E-state index contributed by atoms with van der Waals surface area (Å²) in [4.78, 5) is 18.4. The van der Waals surface area contributed by atoms with E-state index in [9.17, 15) is 4.79 Å². The van der Waals surface area contributed by atoms with E-state index in [1.165, 1.54) is 11.3 Å². The van der Waals surface area contributed by atoms with Gasteiger partial charge in [-0.1, -0.05) is 0 Å². The van der Waals surface area contributed by atoms with Gasteiger partial charge < -0.3 is 5.32 Å². The number of nitrogens with zero attached hydrogens (tertiary/aromatic N) is 1. The molecule has 0 unspecified atom stereocenters.